The van der Waals surface area contributed by atoms with Crippen molar-refractivity contribution in [2.45, 2.75) is 38.5 Å². The SMILES string of the molecule is CC(C)[C@H](C)NC(=O)CSc1nnc(-c2ccc(F)cc2)n1Cc1ccccc1. The van der Waals surface area contributed by atoms with Crippen LogP contribution in [-0.2, 0) is 11.3 Å². The largest absolute Gasteiger partial charge is 0.353 e. The molecule has 0 spiro atoms. The summed E-state index contributed by atoms with van der Waals surface area (Å²) in [5.74, 6) is 0.943. The van der Waals surface area contributed by atoms with E-state index in [1.807, 2.05) is 41.8 Å². The Morgan fingerprint density at radius 3 is 2.41 bits per heavy atom. The van der Waals surface area contributed by atoms with Gasteiger partial charge in [-0.05, 0) is 42.7 Å². The van der Waals surface area contributed by atoms with E-state index in [1.165, 1.54) is 23.9 Å². The molecule has 152 valence electrons. The second-order valence-corrected chi connectivity index (χ2v) is 8.22. The smallest absolute Gasteiger partial charge is 0.230 e. The second kappa shape index (κ2) is 9.69. The second-order valence-electron chi connectivity index (χ2n) is 7.27. The van der Waals surface area contributed by atoms with Crippen molar-refractivity contribution in [2.75, 3.05) is 5.75 Å². The van der Waals surface area contributed by atoms with Gasteiger partial charge >= 0.3 is 0 Å². The van der Waals surface area contributed by atoms with Crippen LogP contribution in [0.1, 0.15) is 26.3 Å². The van der Waals surface area contributed by atoms with Gasteiger partial charge in [0.2, 0.25) is 5.91 Å². The van der Waals surface area contributed by atoms with Gasteiger partial charge in [-0.1, -0.05) is 55.9 Å². The number of benzene rings is 2. The summed E-state index contributed by atoms with van der Waals surface area (Å²) in [6.07, 6.45) is 0. The van der Waals surface area contributed by atoms with Gasteiger partial charge in [0.1, 0.15) is 5.82 Å². The van der Waals surface area contributed by atoms with Crippen molar-refractivity contribution in [3.05, 3.63) is 66.0 Å². The number of hydrogen-bond donors (Lipinski definition) is 1. The third-order valence-corrected chi connectivity index (χ3v) is 5.69. The summed E-state index contributed by atoms with van der Waals surface area (Å²) in [6.45, 7) is 6.71. The highest BCUT2D eigenvalue weighted by atomic mass is 32.2. The van der Waals surface area contributed by atoms with Crippen molar-refractivity contribution >= 4 is 17.7 Å². The molecule has 1 amide bonds. The molecule has 0 unspecified atom stereocenters. The van der Waals surface area contributed by atoms with E-state index >= 15 is 0 Å². The van der Waals surface area contributed by atoms with Gasteiger partial charge in [0, 0.05) is 11.6 Å². The molecule has 1 heterocycles. The van der Waals surface area contributed by atoms with Gasteiger partial charge in [-0.25, -0.2) is 4.39 Å². The highest BCUT2D eigenvalue weighted by Crippen LogP contribution is 2.25. The van der Waals surface area contributed by atoms with Crippen LogP contribution in [0.3, 0.4) is 0 Å². The molecule has 1 N–H and O–H groups in total. The lowest BCUT2D eigenvalue weighted by Gasteiger charge is -2.17. The first kappa shape index (κ1) is 21.0. The minimum absolute atomic E-state index is 0.0335. The van der Waals surface area contributed by atoms with Gasteiger partial charge in [-0.3, -0.25) is 9.36 Å². The molecule has 0 bridgehead atoms. The first-order valence-corrected chi connectivity index (χ1v) is 10.6. The zero-order valence-electron chi connectivity index (χ0n) is 16.8. The van der Waals surface area contributed by atoms with Crippen LogP contribution in [-0.4, -0.2) is 32.5 Å². The average Bonchev–Trinajstić information content (AvgIpc) is 3.10. The van der Waals surface area contributed by atoms with Crippen molar-refractivity contribution in [2.24, 2.45) is 5.92 Å². The van der Waals surface area contributed by atoms with Gasteiger partial charge in [0.05, 0.1) is 12.3 Å². The van der Waals surface area contributed by atoms with Crippen LogP contribution in [0.15, 0.2) is 59.8 Å². The molecule has 3 aromatic rings. The number of rotatable bonds is 8. The van der Waals surface area contributed by atoms with Gasteiger partial charge in [0.15, 0.2) is 11.0 Å². The Bertz CT molecular complexity index is 941. The number of nitrogens with one attached hydrogen (secondary N) is 1. The van der Waals surface area contributed by atoms with Crippen LogP contribution < -0.4 is 5.32 Å². The van der Waals surface area contributed by atoms with Crippen LogP contribution in [0.5, 0.6) is 0 Å². The fourth-order valence-electron chi connectivity index (χ4n) is 2.71. The molecule has 1 aromatic heterocycles. The summed E-state index contributed by atoms with van der Waals surface area (Å²) < 4.78 is 15.3. The van der Waals surface area contributed by atoms with Gasteiger partial charge in [-0.15, -0.1) is 10.2 Å². The minimum atomic E-state index is -0.298. The number of hydrogen-bond acceptors (Lipinski definition) is 4. The van der Waals surface area contributed by atoms with Crippen LogP contribution in [0.4, 0.5) is 4.39 Å². The van der Waals surface area contributed by atoms with Crippen molar-refractivity contribution in [3.8, 4) is 11.4 Å². The number of halogens is 1. The zero-order valence-corrected chi connectivity index (χ0v) is 17.6. The van der Waals surface area contributed by atoms with Crippen LogP contribution in [0.2, 0.25) is 0 Å². The van der Waals surface area contributed by atoms with Gasteiger partial charge in [0.25, 0.3) is 0 Å². The highest BCUT2D eigenvalue weighted by molar-refractivity contribution is 7.99. The predicted octanol–water partition coefficient (Wildman–Crippen LogP) is 4.39. The minimum Gasteiger partial charge on any atom is -0.353 e. The lowest BCUT2D eigenvalue weighted by molar-refractivity contribution is -0.119. The number of aromatic nitrogens is 3. The molecule has 0 radical (unpaired) electrons. The molecule has 7 heteroatoms. The Labute approximate surface area is 174 Å². The van der Waals surface area contributed by atoms with Crippen LogP contribution in [0, 0.1) is 11.7 Å². The molecule has 0 fully saturated rings. The lowest BCUT2D eigenvalue weighted by atomic mass is 10.1. The van der Waals surface area contributed by atoms with E-state index in [0.29, 0.717) is 23.4 Å². The molecule has 0 aliphatic carbocycles. The van der Waals surface area contributed by atoms with Crippen molar-refractivity contribution in [3.63, 3.8) is 0 Å². The Kier molecular flexibility index (Phi) is 7.04. The fourth-order valence-corrected chi connectivity index (χ4v) is 3.46. The fraction of sp³-hybridized carbons (Fsp3) is 0.318. The highest BCUT2D eigenvalue weighted by Gasteiger charge is 2.17. The topological polar surface area (TPSA) is 59.8 Å². The van der Waals surface area contributed by atoms with Gasteiger partial charge in [-0.2, -0.15) is 0 Å². The first-order chi connectivity index (χ1) is 13.9. The van der Waals surface area contributed by atoms with E-state index in [0.717, 1.165) is 11.1 Å². The molecular weight excluding hydrogens is 387 g/mol. The van der Waals surface area contributed by atoms with E-state index < -0.39 is 0 Å². The monoisotopic (exact) mass is 412 g/mol. The standard InChI is InChI=1S/C22H25FN4OS/c1-15(2)16(3)24-20(28)14-29-22-26-25-21(18-9-11-19(23)12-10-18)27(22)13-17-7-5-4-6-8-17/h4-12,15-16H,13-14H2,1-3H3,(H,24,28)/t16-/m0/s1. The summed E-state index contributed by atoms with van der Waals surface area (Å²) in [5.41, 5.74) is 1.87. The maximum absolute atomic E-state index is 13.3. The molecule has 0 aliphatic heterocycles. The Morgan fingerprint density at radius 1 is 1.07 bits per heavy atom. The summed E-state index contributed by atoms with van der Waals surface area (Å²) in [7, 11) is 0. The van der Waals surface area contributed by atoms with E-state index in [-0.39, 0.29) is 23.5 Å². The normalized spacial score (nSPS) is 12.2. The van der Waals surface area contributed by atoms with Crippen molar-refractivity contribution < 1.29 is 9.18 Å². The molecule has 5 nitrogen and oxygen atoms in total. The average molecular weight is 413 g/mol. The molecule has 2 aromatic carbocycles. The third kappa shape index (κ3) is 5.67. The molecule has 3 rings (SSSR count). The molecule has 1 atom stereocenters. The summed E-state index contributed by atoms with van der Waals surface area (Å²) in [5, 5.41) is 12.3. The van der Waals surface area contributed by atoms with E-state index in [4.69, 9.17) is 0 Å². The number of carbonyl (C=O) groups excluding carboxylic acids is 1. The number of amides is 1. The summed E-state index contributed by atoms with van der Waals surface area (Å²) in [4.78, 5) is 12.3. The Balaban J connectivity index is 1.82. The Hall–Kier alpha value is -2.67. The van der Waals surface area contributed by atoms with E-state index in [9.17, 15) is 9.18 Å². The maximum Gasteiger partial charge on any atom is 0.230 e. The van der Waals surface area contributed by atoms with Crippen molar-refractivity contribution in [1.82, 2.24) is 20.1 Å². The van der Waals surface area contributed by atoms with E-state index in [1.54, 1.807) is 12.1 Å². The van der Waals surface area contributed by atoms with Crippen LogP contribution in [0.25, 0.3) is 11.4 Å². The number of nitrogens with zero attached hydrogens (tertiary/aromatic N) is 3. The number of thioether (sulfide) groups is 1. The first-order valence-electron chi connectivity index (χ1n) is 9.59. The summed E-state index contributed by atoms with van der Waals surface area (Å²) >= 11 is 1.35. The molecule has 0 saturated carbocycles. The summed E-state index contributed by atoms with van der Waals surface area (Å²) in [6, 6.07) is 16.3. The number of carbonyl (C=O) groups is 1. The lowest BCUT2D eigenvalue weighted by Crippen LogP contribution is -2.37. The zero-order chi connectivity index (χ0) is 20.8. The third-order valence-electron chi connectivity index (χ3n) is 4.72. The maximum atomic E-state index is 13.3. The van der Waals surface area contributed by atoms with Crippen molar-refractivity contribution in [1.29, 1.82) is 0 Å². The van der Waals surface area contributed by atoms with E-state index in [2.05, 4.69) is 29.4 Å². The van der Waals surface area contributed by atoms with Gasteiger partial charge < -0.3 is 5.32 Å². The quantitative estimate of drug-likeness (QED) is 0.558. The molecule has 0 saturated heterocycles. The molecule has 0 aliphatic rings. The predicted molar refractivity (Wildman–Crippen MR) is 114 cm³/mol. The molecule has 29 heavy (non-hydrogen) atoms. The molecular formula is C22H25FN4OS. The Morgan fingerprint density at radius 2 is 1.76 bits per heavy atom. The van der Waals surface area contributed by atoms with Crippen LogP contribution >= 0.6 is 11.8 Å².